The second-order valence-corrected chi connectivity index (χ2v) is 9.66. The Bertz CT molecular complexity index is 1430. The van der Waals surface area contributed by atoms with E-state index in [1.165, 1.54) is 6.92 Å². The van der Waals surface area contributed by atoms with E-state index < -0.39 is 66.8 Å². The molecule has 0 bridgehead atoms. The van der Waals surface area contributed by atoms with Gasteiger partial charge in [-0.05, 0) is 30.7 Å². The molecular formula is C28H32ClN3O11. The van der Waals surface area contributed by atoms with Crippen LogP contribution in [0.1, 0.15) is 47.1 Å². The number of hydrazone groups is 1. The zero-order valence-corrected chi connectivity index (χ0v) is 25.4. The van der Waals surface area contributed by atoms with E-state index in [0.717, 1.165) is 56.8 Å². The largest absolute Gasteiger partial charge is 0.462 e. The number of aryl methyl sites for hydroxylation is 1. The van der Waals surface area contributed by atoms with E-state index >= 15 is 0 Å². The molecule has 0 fully saturated rings. The maximum atomic E-state index is 12.7. The summed E-state index contributed by atoms with van der Waals surface area (Å²) in [5.74, 6) is -4.80. The number of benzene rings is 1. The fourth-order valence-corrected chi connectivity index (χ4v) is 4.11. The molecule has 1 heterocycles. The van der Waals surface area contributed by atoms with E-state index in [-0.39, 0.29) is 5.82 Å². The lowest BCUT2D eigenvalue weighted by atomic mass is 10.0. The van der Waals surface area contributed by atoms with Gasteiger partial charge < -0.3 is 23.7 Å². The first-order valence-corrected chi connectivity index (χ1v) is 13.2. The molecule has 2 aromatic rings. The Morgan fingerprint density at radius 3 is 1.95 bits per heavy atom. The summed E-state index contributed by atoms with van der Waals surface area (Å²) in [6.07, 6.45) is -5.55. The Kier molecular flexibility index (Phi) is 12.5. The van der Waals surface area contributed by atoms with Gasteiger partial charge in [-0.15, -0.1) is 0 Å². The van der Waals surface area contributed by atoms with Crippen molar-refractivity contribution < 1.29 is 52.5 Å². The third-order valence-electron chi connectivity index (χ3n) is 5.50. The number of fused-ring (bicyclic) bond motifs is 1. The van der Waals surface area contributed by atoms with Crippen LogP contribution < -0.4 is 5.01 Å². The van der Waals surface area contributed by atoms with Gasteiger partial charge in [0.2, 0.25) is 5.91 Å². The van der Waals surface area contributed by atoms with Crippen LogP contribution in [0, 0.1) is 6.92 Å². The number of anilines is 1. The van der Waals surface area contributed by atoms with Crippen molar-refractivity contribution in [1.82, 2.24) is 4.98 Å². The fourth-order valence-electron chi connectivity index (χ4n) is 3.94. The number of ether oxygens (including phenoxy) is 5. The quantitative estimate of drug-likeness (QED) is 0.147. The summed E-state index contributed by atoms with van der Waals surface area (Å²) >= 11 is 6.12. The van der Waals surface area contributed by atoms with Crippen LogP contribution in [0.15, 0.2) is 29.4 Å². The zero-order valence-electron chi connectivity index (χ0n) is 24.6. The summed E-state index contributed by atoms with van der Waals surface area (Å²) in [6.45, 7) is 7.64. The average molecular weight is 622 g/mol. The van der Waals surface area contributed by atoms with Crippen molar-refractivity contribution in [3.63, 3.8) is 0 Å². The second kappa shape index (κ2) is 15.6. The molecule has 1 amide bonds. The molecule has 0 N–H and O–H groups in total. The highest BCUT2D eigenvalue weighted by atomic mass is 35.5. The van der Waals surface area contributed by atoms with Gasteiger partial charge >= 0.3 is 29.8 Å². The number of pyridine rings is 1. The van der Waals surface area contributed by atoms with Crippen molar-refractivity contribution in [3.05, 3.63) is 34.9 Å². The number of nitrogens with zero attached hydrogens (tertiary/aromatic N) is 3. The molecule has 2 rings (SSSR count). The van der Waals surface area contributed by atoms with Crippen LogP contribution in [-0.2, 0) is 52.5 Å². The maximum Gasteiger partial charge on any atom is 0.303 e. The van der Waals surface area contributed by atoms with Crippen LogP contribution >= 0.6 is 11.6 Å². The molecule has 0 radical (unpaired) electrons. The standard InChI is InChI=1S/C28H32ClN3O11/c1-14-10-26(31-23-11-21(29)8-9-22(14)23)32(15(2)33)30-12-24(40-17(4)35)27(42-19(6)37)28(43-20(7)38)25(41-18(5)36)13-39-16(3)34/h8-12,24-25,27-28H,13H2,1-7H3/b30-12+/t24-,25-,27-,28-/m1/s1. The highest BCUT2D eigenvalue weighted by Gasteiger charge is 2.43. The summed E-state index contributed by atoms with van der Waals surface area (Å²) in [5.41, 5.74) is 1.22. The van der Waals surface area contributed by atoms with E-state index in [1.54, 1.807) is 31.2 Å². The van der Waals surface area contributed by atoms with Gasteiger partial charge in [0.05, 0.1) is 11.7 Å². The van der Waals surface area contributed by atoms with Gasteiger partial charge in [-0.1, -0.05) is 17.7 Å². The molecule has 14 nitrogen and oxygen atoms in total. The van der Waals surface area contributed by atoms with Gasteiger partial charge in [-0.25, -0.2) is 4.98 Å². The normalized spacial score (nSPS) is 13.8. The van der Waals surface area contributed by atoms with Crippen LogP contribution in [0.25, 0.3) is 10.9 Å². The third kappa shape index (κ3) is 10.6. The number of amides is 1. The summed E-state index contributed by atoms with van der Waals surface area (Å²) in [6, 6.07) is 6.67. The molecule has 0 aliphatic rings. The van der Waals surface area contributed by atoms with E-state index in [1.807, 2.05) is 0 Å². The van der Waals surface area contributed by atoms with Crippen molar-refractivity contribution in [2.75, 3.05) is 11.6 Å². The van der Waals surface area contributed by atoms with Gasteiger partial charge in [0, 0.05) is 52.0 Å². The summed E-state index contributed by atoms with van der Waals surface area (Å²) < 4.78 is 26.3. The molecule has 0 saturated heterocycles. The number of carbonyl (C=O) groups excluding carboxylic acids is 6. The summed E-state index contributed by atoms with van der Waals surface area (Å²) in [4.78, 5) is 76.9. The lowest BCUT2D eigenvalue weighted by molar-refractivity contribution is -0.197. The number of rotatable bonds is 12. The van der Waals surface area contributed by atoms with Crippen LogP contribution in [0.3, 0.4) is 0 Å². The van der Waals surface area contributed by atoms with Crippen molar-refractivity contribution in [2.24, 2.45) is 5.10 Å². The SMILES string of the molecule is CC(=O)OC[C@@H](OC(C)=O)[C@@H](OC(C)=O)[C@H](OC(C)=O)[C@@H](/C=N/N(C(C)=O)c1cc(C)c2ccc(Cl)cc2n1)OC(C)=O. The number of halogens is 1. The monoisotopic (exact) mass is 621 g/mol. The number of hydrogen-bond acceptors (Lipinski definition) is 13. The molecule has 0 saturated carbocycles. The van der Waals surface area contributed by atoms with Gasteiger partial charge in [-0.2, -0.15) is 10.1 Å². The van der Waals surface area contributed by atoms with Gasteiger partial charge in [-0.3, -0.25) is 28.8 Å². The average Bonchev–Trinajstić information content (AvgIpc) is 2.86. The van der Waals surface area contributed by atoms with Gasteiger partial charge in [0.1, 0.15) is 6.61 Å². The van der Waals surface area contributed by atoms with E-state index in [4.69, 9.17) is 35.3 Å². The van der Waals surface area contributed by atoms with Crippen molar-refractivity contribution in [1.29, 1.82) is 0 Å². The molecular weight excluding hydrogens is 590 g/mol. The molecule has 1 aromatic heterocycles. The molecule has 43 heavy (non-hydrogen) atoms. The van der Waals surface area contributed by atoms with Crippen LogP contribution in [0.4, 0.5) is 5.82 Å². The zero-order chi connectivity index (χ0) is 32.4. The Balaban J connectivity index is 2.67. The van der Waals surface area contributed by atoms with Gasteiger partial charge in [0.15, 0.2) is 30.2 Å². The number of esters is 5. The smallest absolute Gasteiger partial charge is 0.303 e. The first-order chi connectivity index (χ1) is 20.1. The molecule has 0 unspecified atom stereocenters. The molecule has 232 valence electrons. The number of aromatic nitrogens is 1. The van der Waals surface area contributed by atoms with Crippen molar-refractivity contribution in [2.45, 2.75) is 72.9 Å². The predicted molar refractivity (Wildman–Crippen MR) is 152 cm³/mol. The minimum absolute atomic E-state index is 0.0887. The Morgan fingerprint density at radius 1 is 0.837 bits per heavy atom. The number of carbonyl (C=O) groups is 6. The first kappa shape index (κ1) is 34.6. The predicted octanol–water partition coefficient (Wildman–Crippen LogP) is 2.83. The summed E-state index contributed by atoms with van der Waals surface area (Å²) in [7, 11) is 0. The summed E-state index contributed by atoms with van der Waals surface area (Å²) in [5, 5.41) is 6.26. The third-order valence-corrected chi connectivity index (χ3v) is 5.73. The molecule has 0 aliphatic carbocycles. The molecule has 0 aliphatic heterocycles. The maximum absolute atomic E-state index is 12.7. The second-order valence-electron chi connectivity index (χ2n) is 9.23. The van der Waals surface area contributed by atoms with Gasteiger partial charge in [0.25, 0.3) is 0 Å². The van der Waals surface area contributed by atoms with Crippen LogP contribution in [-0.4, -0.2) is 78.0 Å². The highest BCUT2D eigenvalue weighted by molar-refractivity contribution is 6.31. The highest BCUT2D eigenvalue weighted by Crippen LogP contribution is 2.26. The molecule has 15 heteroatoms. The lowest BCUT2D eigenvalue weighted by Crippen LogP contribution is -2.53. The van der Waals surface area contributed by atoms with E-state index in [2.05, 4.69) is 10.1 Å². The first-order valence-electron chi connectivity index (χ1n) is 12.8. The molecule has 1 aromatic carbocycles. The van der Waals surface area contributed by atoms with Crippen molar-refractivity contribution >= 4 is 70.3 Å². The van der Waals surface area contributed by atoms with E-state index in [0.29, 0.717) is 10.5 Å². The number of hydrogen-bond donors (Lipinski definition) is 0. The topological polar surface area (TPSA) is 177 Å². The Morgan fingerprint density at radius 2 is 1.42 bits per heavy atom. The molecule has 0 spiro atoms. The lowest BCUT2D eigenvalue weighted by Gasteiger charge is -2.34. The Hall–Kier alpha value is -4.59. The van der Waals surface area contributed by atoms with E-state index in [9.17, 15) is 28.8 Å². The fraction of sp³-hybridized carbons (Fsp3) is 0.429. The van der Waals surface area contributed by atoms with Crippen LogP contribution in [0.5, 0.6) is 0 Å². The Labute approximate surface area is 252 Å². The van der Waals surface area contributed by atoms with Crippen molar-refractivity contribution in [3.8, 4) is 0 Å². The molecule has 4 atom stereocenters. The minimum atomic E-state index is -1.70. The minimum Gasteiger partial charge on any atom is -0.462 e. The van der Waals surface area contributed by atoms with Crippen LogP contribution in [0.2, 0.25) is 5.02 Å².